The van der Waals surface area contributed by atoms with Crippen LogP contribution in [0.15, 0.2) is 24.3 Å². The van der Waals surface area contributed by atoms with Gasteiger partial charge in [0.1, 0.15) is 0 Å². The number of rotatable bonds is 7. The van der Waals surface area contributed by atoms with Gasteiger partial charge in [-0.25, -0.2) is 0 Å². The van der Waals surface area contributed by atoms with Gasteiger partial charge >= 0.3 is 0 Å². The number of nitrogens with one attached hydrogen (secondary N) is 1. The fraction of sp³-hybridized carbons (Fsp3) is 0.588. The van der Waals surface area contributed by atoms with E-state index in [1.54, 1.807) is 18.2 Å². The van der Waals surface area contributed by atoms with Crippen molar-refractivity contribution in [2.75, 3.05) is 6.61 Å². The molecule has 0 bridgehead atoms. The number of hydrogen-bond acceptors (Lipinski definition) is 4. The lowest BCUT2D eigenvalue weighted by atomic mass is 9.82. The van der Waals surface area contributed by atoms with Crippen LogP contribution in [0.4, 0.5) is 5.69 Å². The van der Waals surface area contributed by atoms with Gasteiger partial charge < -0.3 is 10.4 Å². The Kier molecular flexibility index (Phi) is 6.52. The number of carbonyl (C=O) groups excluding carboxylic acids is 1. The van der Waals surface area contributed by atoms with Crippen LogP contribution in [-0.4, -0.2) is 28.6 Å². The van der Waals surface area contributed by atoms with Gasteiger partial charge in [-0.1, -0.05) is 37.5 Å². The van der Waals surface area contributed by atoms with Gasteiger partial charge in [-0.2, -0.15) is 0 Å². The van der Waals surface area contributed by atoms with Crippen molar-refractivity contribution >= 4 is 11.6 Å². The Hall–Kier alpha value is -1.95. The first-order valence-electron chi connectivity index (χ1n) is 8.24. The molecular formula is C17H24N2O4. The van der Waals surface area contributed by atoms with Crippen molar-refractivity contribution in [2.24, 2.45) is 5.92 Å². The van der Waals surface area contributed by atoms with Gasteiger partial charge in [0.2, 0.25) is 5.91 Å². The Labute approximate surface area is 136 Å². The smallest absolute Gasteiger partial charge is 0.273 e. The molecule has 1 aliphatic carbocycles. The highest BCUT2D eigenvalue weighted by Crippen LogP contribution is 2.28. The minimum atomic E-state index is -0.463. The Morgan fingerprint density at radius 1 is 1.30 bits per heavy atom. The van der Waals surface area contributed by atoms with Gasteiger partial charge in [-0.15, -0.1) is 0 Å². The number of para-hydroxylation sites is 1. The monoisotopic (exact) mass is 320 g/mol. The number of amides is 1. The third kappa shape index (κ3) is 5.03. The fourth-order valence-electron chi connectivity index (χ4n) is 3.37. The van der Waals surface area contributed by atoms with Gasteiger partial charge in [0, 0.05) is 24.3 Å². The summed E-state index contributed by atoms with van der Waals surface area (Å²) in [6.45, 7) is 0.0347. The van der Waals surface area contributed by atoms with Crippen LogP contribution >= 0.6 is 0 Å². The average molecular weight is 320 g/mol. The lowest BCUT2D eigenvalue weighted by Gasteiger charge is -2.30. The second-order valence-electron chi connectivity index (χ2n) is 6.15. The lowest BCUT2D eigenvalue weighted by molar-refractivity contribution is -0.385. The first kappa shape index (κ1) is 17.4. The van der Waals surface area contributed by atoms with Crippen molar-refractivity contribution in [1.29, 1.82) is 0 Å². The van der Waals surface area contributed by atoms with E-state index in [0.717, 1.165) is 25.7 Å². The van der Waals surface area contributed by atoms with Crippen LogP contribution in [0.3, 0.4) is 0 Å². The predicted molar refractivity (Wildman–Crippen MR) is 87.0 cm³/mol. The van der Waals surface area contributed by atoms with E-state index in [1.807, 2.05) is 0 Å². The molecule has 1 saturated carbocycles. The van der Waals surface area contributed by atoms with Crippen LogP contribution in [0.2, 0.25) is 0 Å². The van der Waals surface area contributed by atoms with Crippen LogP contribution in [0, 0.1) is 16.0 Å². The Bertz CT molecular complexity index is 541. The van der Waals surface area contributed by atoms with E-state index in [2.05, 4.69) is 5.32 Å². The van der Waals surface area contributed by atoms with Crippen LogP contribution < -0.4 is 5.32 Å². The summed E-state index contributed by atoms with van der Waals surface area (Å²) in [5, 5.41) is 23.2. The van der Waals surface area contributed by atoms with Crippen molar-refractivity contribution in [3.05, 3.63) is 39.9 Å². The topological polar surface area (TPSA) is 92.5 Å². The van der Waals surface area contributed by atoms with E-state index in [-0.39, 0.29) is 30.7 Å². The van der Waals surface area contributed by atoms with Crippen molar-refractivity contribution < 1.29 is 14.8 Å². The zero-order chi connectivity index (χ0) is 16.7. The third-order valence-electron chi connectivity index (χ3n) is 4.54. The minimum absolute atomic E-state index is 0.00813. The molecule has 0 aromatic heterocycles. The highest BCUT2D eigenvalue weighted by Gasteiger charge is 2.25. The largest absolute Gasteiger partial charge is 0.396 e. The number of aliphatic hydroxyl groups excluding tert-OH is 1. The van der Waals surface area contributed by atoms with Gasteiger partial charge in [-0.05, 0) is 25.2 Å². The number of aliphatic hydroxyl groups is 1. The number of nitro groups is 1. The van der Waals surface area contributed by atoms with Crippen molar-refractivity contribution in [1.82, 2.24) is 5.32 Å². The molecule has 0 heterocycles. The summed E-state index contributed by atoms with van der Waals surface area (Å²) in [6.07, 6.45) is 6.21. The normalized spacial score (nSPS) is 16.7. The third-order valence-corrected chi connectivity index (χ3v) is 4.54. The molecule has 2 N–H and O–H groups in total. The molecule has 0 saturated heterocycles. The van der Waals surface area contributed by atoms with Crippen molar-refractivity contribution in [3.63, 3.8) is 0 Å². The Balaban J connectivity index is 2.00. The molecular weight excluding hydrogens is 296 g/mol. The van der Waals surface area contributed by atoms with E-state index in [1.165, 1.54) is 12.5 Å². The summed E-state index contributed by atoms with van der Waals surface area (Å²) in [5.74, 6) is 0.175. The van der Waals surface area contributed by atoms with Gasteiger partial charge in [0.25, 0.3) is 5.69 Å². The maximum Gasteiger partial charge on any atom is 0.273 e. The molecule has 0 spiro atoms. The molecule has 1 aliphatic rings. The van der Waals surface area contributed by atoms with Crippen molar-refractivity contribution in [3.8, 4) is 0 Å². The van der Waals surface area contributed by atoms with E-state index < -0.39 is 4.92 Å². The summed E-state index contributed by atoms with van der Waals surface area (Å²) in [7, 11) is 0. The second kappa shape index (κ2) is 8.62. The summed E-state index contributed by atoms with van der Waals surface area (Å²) in [6, 6.07) is 6.27. The van der Waals surface area contributed by atoms with Crippen LogP contribution in [0.5, 0.6) is 0 Å². The highest BCUT2D eigenvalue weighted by molar-refractivity contribution is 5.80. The molecule has 1 aromatic carbocycles. The molecule has 1 unspecified atom stereocenters. The van der Waals surface area contributed by atoms with Crippen LogP contribution in [0.1, 0.15) is 44.1 Å². The summed E-state index contributed by atoms with van der Waals surface area (Å²) >= 11 is 0. The van der Waals surface area contributed by atoms with E-state index in [0.29, 0.717) is 17.9 Å². The minimum Gasteiger partial charge on any atom is -0.396 e. The maximum absolute atomic E-state index is 12.3. The summed E-state index contributed by atoms with van der Waals surface area (Å²) < 4.78 is 0. The molecule has 23 heavy (non-hydrogen) atoms. The van der Waals surface area contributed by atoms with E-state index in [9.17, 15) is 20.0 Å². The molecule has 1 amide bonds. The number of benzene rings is 1. The predicted octanol–water partition coefficient (Wildman–Crippen LogP) is 2.58. The summed E-state index contributed by atoms with van der Waals surface area (Å²) in [5.41, 5.74) is 0.389. The lowest BCUT2D eigenvalue weighted by Crippen LogP contribution is -2.42. The quantitative estimate of drug-likeness (QED) is 0.596. The Morgan fingerprint density at radius 3 is 2.65 bits per heavy atom. The van der Waals surface area contributed by atoms with Crippen LogP contribution in [-0.2, 0) is 11.2 Å². The zero-order valence-corrected chi connectivity index (χ0v) is 13.2. The number of carbonyl (C=O) groups is 1. The van der Waals surface area contributed by atoms with Gasteiger partial charge in [0.15, 0.2) is 0 Å². The molecule has 6 heteroatoms. The molecule has 0 aliphatic heterocycles. The first-order valence-corrected chi connectivity index (χ1v) is 8.24. The van der Waals surface area contributed by atoms with Gasteiger partial charge in [0.05, 0.1) is 11.3 Å². The molecule has 1 atom stereocenters. The average Bonchev–Trinajstić information content (AvgIpc) is 2.55. The number of nitrogens with zero attached hydrogens (tertiary/aromatic N) is 1. The number of hydrogen-bond donors (Lipinski definition) is 2. The zero-order valence-electron chi connectivity index (χ0n) is 13.2. The second-order valence-corrected chi connectivity index (χ2v) is 6.15. The van der Waals surface area contributed by atoms with Crippen molar-refractivity contribution in [2.45, 2.75) is 51.0 Å². The molecule has 1 aromatic rings. The van der Waals surface area contributed by atoms with Gasteiger partial charge in [-0.3, -0.25) is 14.9 Å². The highest BCUT2D eigenvalue weighted by atomic mass is 16.6. The summed E-state index contributed by atoms with van der Waals surface area (Å²) in [4.78, 5) is 22.9. The van der Waals surface area contributed by atoms with Crippen LogP contribution in [0.25, 0.3) is 0 Å². The van der Waals surface area contributed by atoms with E-state index in [4.69, 9.17) is 0 Å². The molecule has 6 nitrogen and oxygen atoms in total. The fourth-order valence-corrected chi connectivity index (χ4v) is 3.37. The SMILES string of the molecule is O=C(Cc1ccccc1[N+](=O)[O-])NC(CCO)C1CCCCC1. The molecule has 2 rings (SSSR count). The standard InChI is InChI=1S/C17H24N2O4/c20-11-10-15(13-6-2-1-3-7-13)18-17(21)12-14-8-4-5-9-16(14)19(22)23/h4-5,8-9,13,15,20H,1-3,6-7,10-12H2,(H,18,21). The molecule has 1 fully saturated rings. The molecule has 126 valence electrons. The maximum atomic E-state index is 12.3. The first-order chi connectivity index (χ1) is 11.1. The Morgan fingerprint density at radius 2 is 2.00 bits per heavy atom. The molecule has 0 radical (unpaired) electrons. The van der Waals surface area contributed by atoms with E-state index >= 15 is 0 Å². The number of nitro benzene ring substituents is 1.